The first-order chi connectivity index (χ1) is 10.4. The van der Waals surface area contributed by atoms with Gasteiger partial charge in [0.15, 0.2) is 9.84 Å². The lowest BCUT2D eigenvalue weighted by Crippen LogP contribution is -2.10. The van der Waals surface area contributed by atoms with E-state index in [0.717, 1.165) is 4.47 Å². The van der Waals surface area contributed by atoms with Crippen molar-refractivity contribution in [2.45, 2.75) is 17.7 Å². The Morgan fingerprint density at radius 2 is 1.64 bits per heavy atom. The Balaban J connectivity index is 0.000000205. The van der Waals surface area contributed by atoms with Crippen LogP contribution in [-0.2, 0) is 14.6 Å². The molecular weight excluding hydrogens is 368 g/mol. The highest BCUT2D eigenvalue weighted by atomic mass is 79.9. The average molecular weight is 383 g/mol. The standard InChI is InChI=1S/C9H9BrO4S.C7H6/c10-7-1-3-8(4-2-7)15(13,14)6-5-9(11)12;1-2-7-4-3-6(1)5-7/h1-4H,5-6H2,(H,11,12);1-4H,5H2. The smallest absolute Gasteiger partial charge is 0.304 e. The summed E-state index contributed by atoms with van der Waals surface area (Å²) in [5.74, 6) is -1.49. The Labute approximate surface area is 137 Å². The topological polar surface area (TPSA) is 71.4 Å². The van der Waals surface area contributed by atoms with Crippen molar-refractivity contribution >= 4 is 31.7 Å². The molecule has 0 saturated carbocycles. The monoisotopic (exact) mass is 382 g/mol. The van der Waals surface area contributed by atoms with Crippen LogP contribution < -0.4 is 0 Å². The van der Waals surface area contributed by atoms with Crippen molar-refractivity contribution in [2.75, 3.05) is 5.75 Å². The number of fused-ring (bicyclic) bond motifs is 2. The Kier molecular flexibility index (Phi) is 5.37. The zero-order chi connectivity index (χ0) is 16.2. The van der Waals surface area contributed by atoms with Crippen molar-refractivity contribution in [3.05, 3.63) is 64.2 Å². The second-order valence-corrected chi connectivity index (χ2v) is 7.93. The van der Waals surface area contributed by atoms with Crippen LogP contribution in [0.25, 0.3) is 0 Å². The fourth-order valence-corrected chi connectivity index (χ4v) is 3.49. The molecule has 2 bridgehead atoms. The van der Waals surface area contributed by atoms with E-state index in [-0.39, 0.29) is 17.1 Å². The van der Waals surface area contributed by atoms with E-state index < -0.39 is 15.8 Å². The van der Waals surface area contributed by atoms with Crippen LogP contribution in [0.15, 0.2) is 69.1 Å². The third kappa shape index (κ3) is 4.68. The molecule has 1 N–H and O–H groups in total. The molecule has 116 valence electrons. The quantitative estimate of drug-likeness (QED) is 0.864. The van der Waals surface area contributed by atoms with Gasteiger partial charge >= 0.3 is 5.97 Å². The third-order valence-corrected chi connectivity index (χ3v) is 5.45. The Bertz CT molecular complexity index is 736. The van der Waals surface area contributed by atoms with Crippen LogP contribution in [0.3, 0.4) is 0 Å². The molecule has 2 aliphatic carbocycles. The first-order valence-corrected chi connectivity index (χ1v) is 9.09. The number of rotatable bonds is 4. The van der Waals surface area contributed by atoms with Crippen molar-refractivity contribution < 1.29 is 18.3 Å². The van der Waals surface area contributed by atoms with E-state index in [2.05, 4.69) is 40.2 Å². The largest absolute Gasteiger partial charge is 0.481 e. The molecule has 0 aromatic heterocycles. The number of carboxylic acid groups (broad SMARTS) is 1. The molecule has 4 nitrogen and oxygen atoms in total. The van der Waals surface area contributed by atoms with Crippen LogP contribution in [0.1, 0.15) is 12.8 Å². The third-order valence-electron chi connectivity index (χ3n) is 3.19. The first kappa shape index (κ1) is 16.7. The van der Waals surface area contributed by atoms with E-state index in [4.69, 9.17) is 5.11 Å². The fraction of sp³-hybridized carbons (Fsp3) is 0.188. The van der Waals surface area contributed by atoms with Crippen LogP contribution in [-0.4, -0.2) is 25.2 Å². The first-order valence-electron chi connectivity index (χ1n) is 6.65. The molecule has 0 fully saturated rings. The van der Waals surface area contributed by atoms with Gasteiger partial charge in [-0.2, -0.15) is 0 Å². The van der Waals surface area contributed by atoms with Gasteiger partial charge in [0.25, 0.3) is 0 Å². The number of sulfone groups is 1. The molecule has 0 amide bonds. The number of allylic oxidation sites excluding steroid dienone is 6. The predicted octanol–water partition coefficient (Wildman–Crippen LogP) is 3.51. The minimum atomic E-state index is -3.47. The van der Waals surface area contributed by atoms with Gasteiger partial charge < -0.3 is 5.11 Å². The molecule has 0 saturated heterocycles. The van der Waals surface area contributed by atoms with Gasteiger partial charge in [-0.25, -0.2) is 8.42 Å². The van der Waals surface area contributed by atoms with E-state index in [1.807, 2.05) is 0 Å². The van der Waals surface area contributed by atoms with E-state index >= 15 is 0 Å². The minimum absolute atomic E-state index is 0.145. The van der Waals surface area contributed by atoms with Crippen LogP contribution >= 0.6 is 15.9 Å². The maximum absolute atomic E-state index is 11.6. The Morgan fingerprint density at radius 1 is 1.09 bits per heavy atom. The summed E-state index contributed by atoms with van der Waals surface area (Å²) < 4.78 is 23.9. The molecule has 3 rings (SSSR count). The van der Waals surface area contributed by atoms with Crippen molar-refractivity contribution in [1.29, 1.82) is 0 Å². The highest BCUT2D eigenvalue weighted by molar-refractivity contribution is 9.10. The number of carboxylic acids is 1. The molecule has 0 radical (unpaired) electrons. The maximum atomic E-state index is 11.6. The van der Waals surface area contributed by atoms with Crippen molar-refractivity contribution in [2.24, 2.45) is 0 Å². The lowest BCUT2D eigenvalue weighted by molar-refractivity contribution is -0.136. The molecule has 22 heavy (non-hydrogen) atoms. The molecular formula is C16H15BrO4S. The summed E-state index contributed by atoms with van der Waals surface area (Å²) in [5.41, 5.74) is 2.94. The lowest BCUT2D eigenvalue weighted by Gasteiger charge is -2.02. The number of hydrogen-bond acceptors (Lipinski definition) is 3. The summed E-state index contributed by atoms with van der Waals surface area (Å²) in [7, 11) is -3.47. The van der Waals surface area contributed by atoms with E-state index in [9.17, 15) is 13.2 Å². The molecule has 0 atom stereocenters. The van der Waals surface area contributed by atoms with Gasteiger partial charge in [0, 0.05) is 4.47 Å². The fourth-order valence-electron chi connectivity index (χ4n) is 1.99. The maximum Gasteiger partial charge on any atom is 0.304 e. The molecule has 0 unspecified atom stereocenters. The number of hydrogen-bond donors (Lipinski definition) is 1. The van der Waals surface area contributed by atoms with Gasteiger partial charge in [-0.15, -0.1) is 0 Å². The number of benzene rings is 1. The summed E-state index contributed by atoms with van der Waals surface area (Å²) in [6.45, 7) is 0. The normalized spacial score (nSPS) is 15.0. The number of aliphatic carboxylic acids is 1. The molecule has 6 heteroatoms. The van der Waals surface area contributed by atoms with E-state index in [1.54, 1.807) is 12.1 Å². The highest BCUT2D eigenvalue weighted by Crippen LogP contribution is 2.27. The second kappa shape index (κ2) is 7.07. The molecule has 0 aliphatic heterocycles. The van der Waals surface area contributed by atoms with Crippen LogP contribution in [0.4, 0.5) is 0 Å². The molecule has 0 spiro atoms. The second-order valence-electron chi connectivity index (χ2n) is 4.91. The van der Waals surface area contributed by atoms with Crippen molar-refractivity contribution in [1.82, 2.24) is 0 Å². The van der Waals surface area contributed by atoms with Crippen LogP contribution in [0, 0.1) is 0 Å². The Morgan fingerprint density at radius 3 is 2.00 bits per heavy atom. The highest BCUT2D eigenvalue weighted by Gasteiger charge is 2.15. The summed E-state index contributed by atoms with van der Waals surface area (Å²) in [6, 6.07) is 6.10. The van der Waals surface area contributed by atoms with E-state index in [0.29, 0.717) is 0 Å². The van der Waals surface area contributed by atoms with Crippen molar-refractivity contribution in [3.8, 4) is 0 Å². The van der Waals surface area contributed by atoms with Gasteiger partial charge in [-0.3, -0.25) is 4.79 Å². The zero-order valence-corrected chi connectivity index (χ0v) is 14.1. The molecule has 2 aliphatic rings. The van der Waals surface area contributed by atoms with Gasteiger partial charge in [-0.05, 0) is 41.8 Å². The zero-order valence-electron chi connectivity index (χ0n) is 11.7. The minimum Gasteiger partial charge on any atom is -0.481 e. The molecule has 1 aromatic carbocycles. The lowest BCUT2D eigenvalue weighted by atomic mass is 10.3. The number of halogens is 1. The summed E-state index contributed by atoms with van der Waals surface area (Å²) in [5, 5.41) is 8.40. The van der Waals surface area contributed by atoms with Crippen LogP contribution in [0.5, 0.6) is 0 Å². The van der Waals surface area contributed by atoms with Gasteiger partial charge in [0.2, 0.25) is 0 Å². The predicted molar refractivity (Wildman–Crippen MR) is 88.4 cm³/mol. The average Bonchev–Trinajstić information content (AvgIpc) is 3.12. The van der Waals surface area contributed by atoms with Crippen LogP contribution in [0.2, 0.25) is 0 Å². The Hall–Kier alpha value is -1.66. The van der Waals surface area contributed by atoms with Crippen molar-refractivity contribution in [3.63, 3.8) is 0 Å². The molecule has 1 aromatic rings. The van der Waals surface area contributed by atoms with Gasteiger partial charge in [0.05, 0.1) is 17.1 Å². The number of carbonyl (C=O) groups is 1. The van der Waals surface area contributed by atoms with Gasteiger partial charge in [0.1, 0.15) is 0 Å². The SMILES string of the molecule is C1=CC2=CC=C1C2.O=C(O)CCS(=O)(=O)c1ccc(Br)cc1. The van der Waals surface area contributed by atoms with Gasteiger partial charge in [-0.1, -0.05) is 40.2 Å². The summed E-state index contributed by atoms with van der Waals surface area (Å²) in [4.78, 5) is 10.4. The van der Waals surface area contributed by atoms with E-state index in [1.165, 1.54) is 29.7 Å². The summed E-state index contributed by atoms with van der Waals surface area (Å²) >= 11 is 3.19. The molecule has 0 heterocycles. The summed E-state index contributed by atoms with van der Waals surface area (Å²) in [6.07, 6.45) is 9.52.